The van der Waals surface area contributed by atoms with Gasteiger partial charge in [-0.25, -0.2) is 14.4 Å². The maximum atomic E-state index is 13.5. The Kier molecular flexibility index (Phi) is 4.26. The second kappa shape index (κ2) is 6.12. The fourth-order valence-electron chi connectivity index (χ4n) is 1.56. The third-order valence-electron chi connectivity index (χ3n) is 2.51. The number of hydrogen-bond donors (Lipinski definition) is 1. The highest BCUT2D eigenvalue weighted by molar-refractivity contribution is 6.31. The van der Waals surface area contributed by atoms with Crippen LogP contribution in [0.5, 0.6) is 0 Å². The number of hydrogen-bond acceptors (Lipinski definition) is 4. The minimum atomic E-state index is -0.319. The second-order valence-electron chi connectivity index (χ2n) is 3.78. The minimum absolute atomic E-state index is 0.252. The van der Waals surface area contributed by atoms with Gasteiger partial charge in [-0.1, -0.05) is 17.7 Å². The molecule has 4 nitrogen and oxygen atoms in total. The van der Waals surface area contributed by atoms with Gasteiger partial charge in [-0.05, 0) is 18.6 Å². The van der Waals surface area contributed by atoms with Crippen molar-refractivity contribution in [3.05, 3.63) is 52.7 Å². The Morgan fingerprint density at radius 1 is 1.32 bits per heavy atom. The van der Waals surface area contributed by atoms with Crippen LogP contribution in [0.4, 0.5) is 10.2 Å². The van der Waals surface area contributed by atoms with Crippen molar-refractivity contribution in [1.29, 1.82) is 5.26 Å². The summed E-state index contributed by atoms with van der Waals surface area (Å²) in [5.74, 6) is 0.215. The molecule has 0 amide bonds. The number of nitrogens with zero attached hydrogens (tertiary/aromatic N) is 3. The van der Waals surface area contributed by atoms with Crippen molar-refractivity contribution in [2.45, 2.75) is 6.42 Å². The maximum Gasteiger partial charge on any atom is 0.158 e. The highest BCUT2D eigenvalue weighted by atomic mass is 35.5. The van der Waals surface area contributed by atoms with Crippen LogP contribution >= 0.6 is 11.6 Å². The summed E-state index contributed by atoms with van der Waals surface area (Å²) < 4.78 is 13.5. The number of nitriles is 1. The third-order valence-corrected chi connectivity index (χ3v) is 2.86. The van der Waals surface area contributed by atoms with Crippen molar-refractivity contribution in [3.63, 3.8) is 0 Å². The molecule has 19 heavy (non-hydrogen) atoms. The number of rotatable bonds is 4. The maximum absolute atomic E-state index is 13.5. The second-order valence-corrected chi connectivity index (χ2v) is 4.18. The molecule has 0 atom stereocenters. The zero-order valence-corrected chi connectivity index (χ0v) is 10.7. The van der Waals surface area contributed by atoms with Crippen molar-refractivity contribution in [2.24, 2.45) is 0 Å². The van der Waals surface area contributed by atoms with Crippen molar-refractivity contribution in [2.75, 3.05) is 11.9 Å². The van der Waals surface area contributed by atoms with Gasteiger partial charge in [0.15, 0.2) is 5.69 Å². The van der Waals surface area contributed by atoms with Crippen molar-refractivity contribution in [1.82, 2.24) is 9.97 Å². The van der Waals surface area contributed by atoms with Gasteiger partial charge in [0.05, 0.1) is 12.4 Å². The fraction of sp³-hybridized carbons (Fsp3) is 0.154. The van der Waals surface area contributed by atoms with Gasteiger partial charge in [-0.2, -0.15) is 5.26 Å². The molecule has 96 valence electrons. The Hall–Kier alpha value is -2.19. The van der Waals surface area contributed by atoms with Gasteiger partial charge in [0.25, 0.3) is 0 Å². The first-order chi connectivity index (χ1) is 9.20. The molecule has 0 aliphatic heterocycles. The van der Waals surface area contributed by atoms with Crippen LogP contribution in [0.2, 0.25) is 5.02 Å². The first-order valence-corrected chi connectivity index (χ1v) is 5.97. The molecule has 0 bridgehead atoms. The minimum Gasteiger partial charge on any atom is -0.368 e. The predicted octanol–water partition coefficient (Wildman–Crippen LogP) is 2.80. The molecular weight excluding hydrogens is 267 g/mol. The van der Waals surface area contributed by atoms with Gasteiger partial charge in [0.1, 0.15) is 17.7 Å². The normalized spacial score (nSPS) is 9.95. The van der Waals surface area contributed by atoms with E-state index in [-0.39, 0.29) is 11.5 Å². The number of anilines is 1. The predicted molar refractivity (Wildman–Crippen MR) is 70.4 cm³/mol. The molecule has 0 aliphatic carbocycles. The standard InChI is InChI=1S/C13H10ClFN4/c14-11-2-1-3-12(15)10(11)4-5-17-13-8-18-9(6-16)7-19-13/h1-3,7-8H,4-5H2,(H,17,19). The van der Waals surface area contributed by atoms with Crippen LogP contribution < -0.4 is 5.32 Å². The lowest BCUT2D eigenvalue weighted by Gasteiger charge is -2.07. The zero-order valence-electron chi connectivity index (χ0n) is 9.90. The van der Waals surface area contributed by atoms with Gasteiger partial charge in [-0.15, -0.1) is 0 Å². The summed E-state index contributed by atoms with van der Waals surface area (Å²) in [6, 6.07) is 6.48. The fourth-order valence-corrected chi connectivity index (χ4v) is 1.82. The van der Waals surface area contributed by atoms with E-state index in [2.05, 4.69) is 15.3 Å². The Morgan fingerprint density at radius 2 is 2.16 bits per heavy atom. The van der Waals surface area contributed by atoms with Crippen LogP contribution in [-0.4, -0.2) is 16.5 Å². The van der Waals surface area contributed by atoms with Crippen LogP contribution in [0, 0.1) is 17.1 Å². The molecule has 2 aromatic rings. The number of benzene rings is 1. The highest BCUT2D eigenvalue weighted by Crippen LogP contribution is 2.19. The van der Waals surface area contributed by atoms with E-state index < -0.39 is 0 Å². The molecular formula is C13H10ClFN4. The first kappa shape index (κ1) is 13.2. The van der Waals surface area contributed by atoms with Crippen molar-refractivity contribution >= 4 is 17.4 Å². The largest absolute Gasteiger partial charge is 0.368 e. The average Bonchev–Trinajstić information content (AvgIpc) is 2.43. The summed E-state index contributed by atoms with van der Waals surface area (Å²) >= 11 is 5.92. The molecule has 1 aromatic carbocycles. The third kappa shape index (κ3) is 3.39. The van der Waals surface area contributed by atoms with E-state index in [9.17, 15) is 4.39 Å². The number of nitrogens with one attached hydrogen (secondary N) is 1. The summed E-state index contributed by atoms with van der Waals surface area (Å²) in [6.45, 7) is 0.473. The van der Waals surface area contributed by atoms with Crippen molar-refractivity contribution in [3.8, 4) is 6.07 Å². The molecule has 0 spiro atoms. The van der Waals surface area contributed by atoms with Crippen molar-refractivity contribution < 1.29 is 4.39 Å². The molecule has 2 rings (SSSR count). The molecule has 0 saturated carbocycles. The Morgan fingerprint density at radius 3 is 2.79 bits per heavy atom. The molecule has 0 saturated heterocycles. The smallest absolute Gasteiger partial charge is 0.158 e. The summed E-state index contributed by atoms with van der Waals surface area (Å²) in [7, 11) is 0. The Labute approximate surface area is 114 Å². The lowest BCUT2D eigenvalue weighted by atomic mass is 10.1. The summed E-state index contributed by atoms with van der Waals surface area (Å²) in [5, 5.41) is 12.0. The van der Waals surface area contributed by atoms with Crippen LogP contribution in [-0.2, 0) is 6.42 Å². The van der Waals surface area contributed by atoms with Crippen LogP contribution in [0.25, 0.3) is 0 Å². The van der Waals surface area contributed by atoms with Gasteiger partial charge in [0, 0.05) is 17.1 Å². The molecule has 0 fully saturated rings. The van der Waals surface area contributed by atoms with Gasteiger partial charge in [0.2, 0.25) is 0 Å². The lowest BCUT2D eigenvalue weighted by Crippen LogP contribution is -2.08. The molecule has 1 N–H and O–H groups in total. The monoisotopic (exact) mass is 276 g/mol. The summed E-state index contributed by atoms with van der Waals surface area (Å²) in [4.78, 5) is 7.87. The molecule has 0 radical (unpaired) electrons. The Balaban J connectivity index is 1.95. The summed E-state index contributed by atoms with van der Waals surface area (Å²) in [6.07, 6.45) is 3.27. The SMILES string of the molecule is N#Cc1cnc(NCCc2c(F)cccc2Cl)cn1. The zero-order chi connectivity index (χ0) is 13.7. The number of halogens is 2. The quantitative estimate of drug-likeness (QED) is 0.933. The lowest BCUT2D eigenvalue weighted by molar-refractivity contribution is 0.610. The van der Waals surface area contributed by atoms with Crippen LogP contribution in [0.3, 0.4) is 0 Å². The van der Waals surface area contributed by atoms with E-state index in [1.165, 1.54) is 18.5 Å². The van der Waals surface area contributed by atoms with Crippen LogP contribution in [0.15, 0.2) is 30.6 Å². The van der Waals surface area contributed by atoms with E-state index in [4.69, 9.17) is 16.9 Å². The molecule has 1 heterocycles. The molecule has 1 aromatic heterocycles. The van der Waals surface area contributed by atoms with E-state index in [0.29, 0.717) is 29.4 Å². The van der Waals surface area contributed by atoms with E-state index in [1.54, 1.807) is 12.1 Å². The van der Waals surface area contributed by atoms with Gasteiger partial charge < -0.3 is 5.32 Å². The Bertz CT molecular complexity index is 587. The molecule has 0 unspecified atom stereocenters. The van der Waals surface area contributed by atoms with E-state index in [1.807, 2.05) is 6.07 Å². The van der Waals surface area contributed by atoms with Crippen LogP contribution in [0.1, 0.15) is 11.3 Å². The molecule has 6 heteroatoms. The van der Waals surface area contributed by atoms with E-state index >= 15 is 0 Å². The highest BCUT2D eigenvalue weighted by Gasteiger charge is 2.06. The summed E-state index contributed by atoms with van der Waals surface area (Å²) in [5.41, 5.74) is 0.723. The molecule has 0 aliphatic rings. The van der Waals surface area contributed by atoms with E-state index in [0.717, 1.165) is 0 Å². The van der Waals surface area contributed by atoms with Gasteiger partial charge in [-0.3, -0.25) is 0 Å². The topological polar surface area (TPSA) is 61.6 Å². The average molecular weight is 277 g/mol. The van der Waals surface area contributed by atoms with Gasteiger partial charge >= 0.3 is 0 Å². The number of aromatic nitrogens is 2. The first-order valence-electron chi connectivity index (χ1n) is 5.59.